The van der Waals surface area contributed by atoms with Gasteiger partial charge in [-0.2, -0.15) is 0 Å². The number of ketones is 1. The molecule has 1 aliphatic rings. The minimum absolute atomic E-state index is 0.00337. The molecule has 1 atom stereocenters. The van der Waals surface area contributed by atoms with E-state index in [-0.39, 0.29) is 17.9 Å². The van der Waals surface area contributed by atoms with Crippen molar-refractivity contribution in [1.82, 2.24) is 4.90 Å². The number of aliphatic hydroxyl groups excluding tert-OH is 1. The van der Waals surface area contributed by atoms with Gasteiger partial charge in [0.2, 0.25) is 0 Å². The maximum atomic E-state index is 13.0. The Morgan fingerprint density at radius 1 is 1.12 bits per heavy atom. The molecule has 162 valence electrons. The third-order valence-corrected chi connectivity index (χ3v) is 5.38. The number of furan rings is 1. The summed E-state index contributed by atoms with van der Waals surface area (Å²) in [5.74, 6) is -0.626. The molecule has 1 aliphatic heterocycles. The van der Waals surface area contributed by atoms with Gasteiger partial charge in [0, 0.05) is 10.6 Å². The number of ether oxygens (including phenoxy) is 1. The predicted molar refractivity (Wildman–Crippen MR) is 120 cm³/mol. The minimum Gasteiger partial charge on any atom is -0.507 e. The Bertz CT molecular complexity index is 1160. The van der Waals surface area contributed by atoms with E-state index in [2.05, 4.69) is 6.58 Å². The van der Waals surface area contributed by atoms with Crippen molar-refractivity contribution in [2.45, 2.75) is 12.6 Å². The zero-order valence-corrected chi connectivity index (χ0v) is 17.8. The summed E-state index contributed by atoms with van der Waals surface area (Å²) in [4.78, 5) is 27.3. The smallest absolute Gasteiger partial charge is 0.296 e. The fourth-order valence-electron chi connectivity index (χ4n) is 3.62. The third kappa shape index (κ3) is 4.18. The number of Topliss-reactive ketones (excluding diaryl/α,β-unsaturated/α-hetero) is 1. The van der Waals surface area contributed by atoms with E-state index in [0.717, 1.165) is 0 Å². The van der Waals surface area contributed by atoms with Crippen molar-refractivity contribution in [3.05, 3.63) is 107 Å². The standard InChI is InChI=1S/C25H20ClNO5/c1-2-13-31-19-11-7-17(8-12-19)23(28)21-22(16-5-9-18(26)10-6-16)27(25(30)24(21)29)15-20-4-3-14-32-20/h2-12,14,22,28H,1,13,15H2. The first-order valence-corrected chi connectivity index (χ1v) is 10.3. The van der Waals surface area contributed by atoms with E-state index in [1.807, 2.05) is 0 Å². The molecule has 3 aromatic rings. The summed E-state index contributed by atoms with van der Waals surface area (Å²) in [7, 11) is 0. The lowest BCUT2D eigenvalue weighted by Gasteiger charge is -2.24. The van der Waals surface area contributed by atoms with Crippen LogP contribution in [-0.2, 0) is 16.1 Å². The lowest BCUT2D eigenvalue weighted by Crippen LogP contribution is -2.29. The first-order valence-electron chi connectivity index (χ1n) is 9.90. The molecular weight excluding hydrogens is 430 g/mol. The molecule has 0 saturated carbocycles. The zero-order valence-electron chi connectivity index (χ0n) is 17.0. The Labute approximate surface area is 190 Å². The largest absolute Gasteiger partial charge is 0.507 e. The van der Waals surface area contributed by atoms with E-state index in [1.165, 1.54) is 11.2 Å². The van der Waals surface area contributed by atoms with Crippen LogP contribution in [0.25, 0.3) is 5.76 Å². The van der Waals surface area contributed by atoms with E-state index < -0.39 is 17.7 Å². The van der Waals surface area contributed by atoms with E-state index in [9.17, 15) is 14.7 Å². The molecule has 1 aromatic heterocycles. The summed E-state index contributed by atoms with van der Waals surface area (Å²) in [5, 5.41) is 11.6. The molecule has 1 unspecified atom stereocenters. The molecule has 7 heteroatoms. The van der Waals surface area contributed by atoms with E-state index in [1.54, 1.807) is 66.7 Å². The lowest BCUT2D eigenvalue weighted by molar-refractivity contribution is -0.140. The molecule has 2 heterocycles. The maximum Gasteiger partial charge on any atom is 0.296 e. The molecule has 0 spiro atoms. The first kappa shape index (κ1) is 21.5. The molecule has 1 saturated heterocycles. The number of hydrogen-bond donors (Lipinski definition) is 1. The normalized spacial score (nSPS) is 17.5. The van der Waals surface area contributed by atoms with Crippen LogP contribution in [-0.4, -0.2) is 28.3 Å². The molecule has 0 bridgehead atoms. The Balaban J connectivity index is 1.78. The Morgan fingerprint density at radius 3 is 2.47 bits per heavy atom. The van der Waals surface area contributed by atoms with Crippen LogP contribution in [0, 0.1) is 0 Å². The Morgan fingerprint density at radius 2 is 1.84 bits per heavy atom. The summed E-state index contributed by atoms with van der Waals surface area (Å²) < 4.78 is 10.8. The van der Waals surface area contributed by atoms with E-state index in [4.69, 9.17) is 20.8 Å². The van der Waals surface area contributed by atoms with Crippen LogP contribution in [0.4, 0.5) is 0 Å². The molecule has 0 aliphatic carbocycles. The number of amides is 1. The highest BCUT2D eigenvalue weighted by Gasteiger charge is 2.46. The third-order valence-electron chi connectivity index (χ3n) is 5.13. The number of carbonyl (C=O) groups is 2. The topological polar surface area (TPSA) is 80.0 Å². The van der Waals surface area contributed by atoms with Crippen molar-refractivity contribution in [2.24, 2.45) is 0 Å². The molecule has 1 amide bonds. The average Bonchev–Trinajstić information content (AvgIpc) is 3.41. The fraction of sp³-hybridized carbons (Fsp3) is 0.120. The van der Waals surface area contributed by atoms with Gasteiger partial charge in [0.25, 0.3) is 11.7 Å². The van der Waals surface area contributed by atoms with Gasteiger partial charge in [-0.05, 0) is 54.1 Å². The molecular formula is C25H20ClNO5. The summed E-state index contributed by atoms with van der Waals surface area (Å²) in [6.45, 7) is 4.03. The monoisotopic (exact) mass is 449 g/mol. The second-order valence-corrected chi connectivity index (χ2v) is 7.62. The van der Waals surface area contributed by atoms with Crippen molar-refractivity contribution in [3.63, 3.8) is 0 Å². The minimum atomic E-state index is -0.797. The Hall–Kier alpha value is -3.77. The second kappa shape index (κ2) is 9.16. The first-order chi connectivity index (χ1) is 15.5. The second-order valence-electron chi connectivity index (χ2n) is 7.18. The summed E-state index contributed by atoms with van der Waals surface area (Å²) in [6.07, 6.45) is 3.12. The quantitative estimate of drug-likeness (QED) is 0.234. The highest BCUT2D eigenvalue weighted by atomic mass is 35.5. The lowest BCUT2D eigenvalue weighted by atomic mass is 9.95. The summed E-state index contributed by atoms with van der Waals surface area (Å²) in [5.41, 5.74) is 1.04. The number of halogens is 1. The van der Waals surface area contributed by atoms with Gasteiger partial charge in [-0.3, -0.25) is 9.59 Å². The van der Waals surface area contributed by atoms with Crippen LogP contribution in [0.1, 0.15) is 22.9 Å². The van der Waals surface area contributed by atoms with Gasteiger partial charge in [-0.15, -0.1) is 0 Å². The van der Waals surface area contributed by atoms with Crippen molar-refractivity contribution >= 4 is 29.1 Å². The number of nitrogens with zero attached hydrogens (tertiary/aromatic N) is 1. The molecule has 0 radical (unpaired) electrons. The number of carbonyl (C=O) groups excluding carboxylic acids is 2. The number of rotatable bonds is 7. The van der Waals surface area contributed by atoms with Gasteiger partial charge in [-0.25, -0.2) is 0 Å². The van der Waals surface area contributed by atoms with E-state index in [0.29, 0.717) is 34.3 Å². The SMILES string of the molecule is C=CCOc1ccc(C(O)=C2C(=O)C(=O)N(Cc3ccco3)C2c2ccc(Cl)cc2)cc1. The van der Waals surface area contributed by atoms with Crippen LogP contribution in [0.2, 0.25) is 5.02 Å². The zero-order chi connectivity index (χ0) is 22.7. The predicted octanol–water partition coefficient (Wildman–Crippen LogP) is 5.12. The molecule has 4 rings (SSSR count). The number of aliphatic hydroxyl groups is 1. The van der Waals surface area contributed by atoms with Crippen LogP contribution < -0.4 is 4.74 Å². The molecule has 1 N–H and O–H groups in total. The number of likely N-dealkylation sites (tertiary alicyclic amines) is 1. The van der Waals surface area contributed by atoms with Gasteiger partial charge in [0.1, 0.15) is 23.9 Å². The summed E-state index contributed by atoms with van der Waals surface area (Å²) >= 11 is 6.03. The van der Waals surface area contributed by atoms with Crippen molar-refractivity contribution in [1.29, 1.82) is 0 Å². The van der Waals surface area contributed by atoms with Gasteiger partial charge in [0.05, 0.1) is 24.4 Å². The van der Waals surface area contributed by atoms with Gasteiger partial charge in [0.15, 0.2) is 0 Å². The number of benzene rings is 2. The average molecular weight is 450 g/mol. The highest BCUT2D eigenvalue weighted by Crippen LogP contribution is 2.40. The maximum absolute atomic E-state index is 13.0. The Kier molecular flexibility index (Phi) is 6.14. The van der Waals surface area contributed by atoms with Crippen LogP contribution in [0.15, 0.2) is 89.6 Å². The molecule has 2 aromatic carbocycles. The van der Waals surface area contributed by atoms with Gasteiger partial charge >= 0.3 is 0 Å². The van der Waals surface area contributed by atoms with Crippen molar-refractivity contribution in [3.8, 4) is 5.75 Å². The van der Waals surface area contributed by atoms with Gasteiger partial charge in [-0.1, -0.05) is 36.4 Å². The number of hydrogen-bond acceptors (Lipinski definition) is 5. The van der Waals surface area contributed by atoms with Crippen LogP contribution >= 0.6 is 11.6 Å². The molecule has 1 fully saturated rings. The summed E-state index contributed by atoms with van der Waals surface area (Å²) in [6, 6.07) is 16.1. The molecule has 32 heavy (non-hydrogen) atoms. The van der Waals surface area contributed by atoms with Crippen LogP contribution in [0.5, 0.6) is 5.75 Å². The van der Waals surface area contributed by atoms with E-state index >= 15 is 0 Å². The van der Waals surface area contributed by atoms with Crippen molar-refractivity contribution < 1.29 is 23.8 Å². The fourth-order valence-corrected chi connectivity index (χ4v) is 3.75. The van der Waals surface area contributed by atoms with Crippen molar-refractivity contribution in [2.75, 3.05) is 6.61 Å². The van der Waals surface area contributed by atoms with Crippen LogP contribution in [0.3, 0.4) is 0 Å². The highest BCUT2D eigenvalue weighted by molar-refractivity contribution is 6.46. The molecule has 6 nitrogen and oxygen atoms in total. The van der Waals surface area contributed by atoms with Gasteiger partial charge < -0.3 is 19.2 Å².